The first-order valence-corrected chi connectivity index (χ1v) is 9.48. The standard InChI is InChI=1S/C22H24N4O2/c1-28-20-9-3-8-19(15-20)24-22(27)26-13-11-25(12-14-26)16-18-6-2-5-17-7-4-10-23-21(17)18/h2-10,15H,11-14,16H2,1H3,(H,24,27). The Hall–Kier alpha value is -3.12. The first-order valence-electron chi connectivity index (χ1n) is 9.48. The van der Waals surface area contributed by atoms with Crippen molar-refractivity contribution in [2.75, 3.05) is 38.6 Å². The van der Waals surface area contributed by atoms with Crippen LogP contribution >= 0.6 is 0 Å². The largest absolute Gasteiger partial charge is 0.497 e. The van der Waals surface area contributed by atoms with Crippen LogP contribution in [0.1, 0.15) is 5.56 Å². The molecule has 28 heavy (non-hydrogen) atoms. The molecule has 0 bridgehead atoms. The maximum Gasteiger partial charge on any atom is 0.321 e. The lowest BCUT2D eigenvalue weighted by Gasteiger charge is -2.34. The van der Waals surface area contributed by atoms with Crippen molar-refractivity contribution in [2.24, 2.45) is 0 Å². The molecule has 2 amide bonds. The number of carbonyl (C=O) groups excluding carboxylic acids is 1. The normalized spacial score (nSPS) is 14.8. The highest BCUT2D eigenvalue weighted by Gasteiger charge is 2.21. The topological polar surface area (TPSA) is 57.7 Å². The van der Waals surface area contributed by atoms with E-state index in [2.05, 4.69) is 39.5 Å². The van der Waals surface area contributed by atoms with E-state index in [0.717, 1.165) is 42.0 Å². The molecule has 0 unspecified atom stereocenters. The van der Waals surface area contributed by atoms with Gasteiger partial charge in [-0.3, -0.25) is 9.88 Å². The van der Waals surface area contributed by atoms with Gasteiger partial charge in [-0.15, -0.1) is 0 Å². The number of fused-ring (bicyclic) bond motifs is 1. The highest BCUT2D eigenvalue weighted by atomic mass is 16.5. The van der Waals surface area contributed by atoms with Crippen molar-refractivity contribution in [1.29, 1.82) is 0 Å². The number of anilines is 1. The number of hydrogen-bond acceptors (Lipinski definition) is 4. The van der Waals surface area contributed by atoms with E-state index in [4.69, 9.17) is 4.74 Å². The van der Waals surface area contributed by atoms with Crippen LogP contribution in [0, 0.1) is 0 Å². The number of ether oxygens (including phenoxy) is 1. The zero-order valence-electron chi connectivity index (χ0n) is 16.0. The Labute approximate surface area is 164 Å². The predicted molar refractivity (Wildman–Crippen MR) is 111 cm³/mol. The molecule has 1 aromatic heterocycles. The number of nitrogens with zero attached hydrogens (tertiary/aromatic N) is 3. The summed E-state index contributed by atoms with van der Waals surface area (Å²) in [6.07, 6.45) is 1.84. The monoisotopic (exact) mass is 376 g/mol. The Morgan fingerprint density at radius 1 is 1.07 bits per heavy atom. The minimum atomic E-state index is -0.0697. The number of rotatable bonds is 4. The van der Waals surface area contributed by atoms with Crippen molar-refractivity contribution in [1.82, 2.24) is 14.8 Å². The zero-order chi connectivity index (χ0) is 19.3. The number of hydrogen-bond donors (Lipinski definition) is 1. The summed E-state index contributed by atoms with van der Waals surface area (Å²) in [5, 5.41) is 4.12. The lowest BCUT2D eigenvalue weighted by molar-refractivity contribution is 0.143. The van der Waals surface area contributed by atoms with Crippen molar-refractivity contribution in [3.05, 3.63) is 66.4 Å². The number of carbonyl (C=O) groups is 1. The molecule has 1 aliphatic rings. The molecule has 1 saturated heterocycles. The second-order valence-corrected chi connectivity index (χ2v) is 6.92. The van der Waals surface area contributed by atoms with E-state index in [1.54, 1.807) is 7.11 Å². The van der Waals surface area contributed by atoms with Gasteiger partial charge in [0.05, 0.1) is 12.6 Å². The van der Waals surface area contributed by atoms with Gasteiger partial charge in [0, 0.05) is 56.1 Å². The number of benzene rings is 2. The fraction of sp³-hybridized carbons (Fsp3) is 0.273. The van der Waals surface area contributed by atoms with Gasteiger partial charge in [-0.25, -0.2) is 4.79 Å². The fourth-order valence-corrected chi connectivity index (χ4v) is 3.55. The molecule has 0 spiro atoms. The molecule has 4 rings (SSSR count). The fourth-order valence-electron chi connectivity index (χ4n) is 3.55. The summed E-state index contributed by atoms with van der Waals surface area (Å²) >= 11 is 0. The molecular formula is C22H24N4O2. The molecule has 6 heteroatoms. The number of nitrogens with one attached hydrogen (secondary N) is 1. The van der Waals surface area contributed by atoms with Crippen LogP contribution < -0.4 is 10.1 Å². The lowest BCUT2D eigenvalue weighted by Crippen LogP contribution is -2.49. The molecule has 6 nitrogen and oxygen atoms in total. The van der Waals surface area contributed by atoms with E-state index in [1.807, 2.05) is 41.4 Å². The summed E-state index contributed by atoms with van der Waals surface area (Å²) < 4.78 is 5.21. The van der Waals surface area contributed by atoms with Crippen LogP contribution in [0.25, 0.3) is 10.9 Å². The van der Waals surface area contributed by atoms with Gasteiger partial charge in [0.2, 0.25) is 0 Å². The van der Waals surface area contributed by atoms with Gasteiger partial charge in [0.1, 0.15) is 5.75 Å². The molecule has 2 heterocycles. The number of pyridine rings is 1. The van der Waals surface area contributed by atoms with Crippen LogP contribution in [-0.4, -0.2) is 54.1 Å². The van der Waals surface area contributed by atoms with Crippen molar-refractivity contribution in [3.8, 4) is 5.75 Å². The molecule has 3 aromatic rings. The summed E-state index contributed by atoms with van der Waals surface area (Å²) in [5.74, 6) is 0.728. The number of piperazine rings is 1. The number of urea groups is 1. The van der Waals surface area contributed by atoms with Gasteiger partial charge >= 0.3 is 6.03 Å². The molecule has 1 aliphatic heterocycles. The van der Waals surface area contributed by atoms with E-state index in [9.17, 15) is 4.79 Å². The number of para-hydroxylation sites is 1. The summed E-state index contributed by atoms with van der Waals surface area (Å²) in [6.45, 7) is 3.94. The molecule has 0 atom stereocenters. The van der Waals surface area contributed by atoms with E-state index >= 15 is 0 Å². The quantitative estimate of drug-likeness (QED) is 0.756. The first kappa shape index (κ1) is 18.3. The molecule has 1 N–H and O–H groups in total. The molecule has 144 valence electrons. The lowest BCUT2D eigenvalue weighted by atomic mass is 10.1. The highest BCUT2D eigenvalue weighted by Crippen LogP contribution is 2.20. The molecule has 2 aromatic carbocycles. The van der Waals surface area contributed by atoms with E-state index < -0.39 is 0 Å². The second kappa shape index (κ2) is 8.27. The molecule has 0 radical (unpaired) electrons. The average molecular weight is 376 g/mol. The maximum atomic E-state index is 12.6. The smallest absolute Gasteiger partial charge is 0.321 e. The summed E-state index contributed by atoms with van der Waals surface area (Å²) in [6, 6.07) is 17.7. The van der Waals surface area contributed by atoms with Crippen LogP contribution in [0.3, 0.4) is 0 Å². The van der Waals surface area contributed by atoms with Gasteiger partial charge in [0.15, 0.2) is 0 Å². The average Bonchev–Trinajstić information content (AvgIpc) is 2.74. The summed E-state index contributed by atoms with van der Waals surface area (Å²) in [5.41, 5.74) is 3.03. The Kier molecular flexibility index (Phi) is 5.39. The van der Waals surface area contributed by atoms with Gasteiger partial charge in [0.25, 0.3) is 0 Å². The second-order valence-electron chi connectivity index (χ2n) is 6.92. The molecule has 1 fully saturated rings. The Balaban J connectivity index is 1.34. The van der Waals surface area contributed by atoms with E-state index in [-0.39, 0.29) is 6.03 Å². The van der Waals surface area contributed by atoms with Gasteiger partial charge in [-0.1, -0.05) is 30.3 Å². The summed E-state index contributed by atoms with van der Waals surface area (Å²) in [4.78, 5) is 21.3. The maximum absolute atomic E-state index is 12.6. The van der Waals surface area contributed by atoms with Crippen LogP contribution in [0.15, 0.2) is 60.8 Å². The molecular weight excluding hydrogens is 352 g/mol. The van der Waals surface area contributed by atoms with Gasteiger partial charge in [-0.05, 0) is 23.8 Å². The van der Waals surface area contributed by atoms with Gasteiger partial charge < -0.3 is 15.0 Å². The SMILES string of the molecule is COc1cccc(NC(=O)N2CCN(Cc3cccc4cccnc34)CC2)c1. The van der Waals surface area contributed by atoms with Crippen LogP contribution in [-0.2, 0) is 6.54 Å². The molecule has 0 aliphatic carbocycles. The number of methoxy groups -OCH3 is 1. The number of amides is 2. The van der Waals surface area contributed by atoms with Crippen LogP contribution in [0.2, 0.25) is 0 Å². The van der Waals surface area contributed by atoms with E-state index in [1.165, 1.54) is 5.56 Å². The van der Waals surface area contributed by atoms with Gasteiger partial charge in [-0.2, -0.15) is 0 Å². The van der Waals surface area contributed by atoms with Crippen LogP contribution in [0.4, 0.5) is 10.5 Å². The Bertz CT molecular complexity index is 962. The zero-order valence-corrected chi connectivity index (χ0v) is 16.0. The van der Waals surface area contributed by atoms with Crippen molar-refractivity contribution < 1.29 is 9.53 Å². The van der Waals surface area contributed by atoms with Crippen molar-refractivity contribution in [2.45, 2.75) is 6.54 Å². The first-order chi connectivity index (χ1) is 13.7. The minimum Gasteiger partial charge on any atom is -0.497 e. The van der Waals surface area contributed by atoms with Crippen molar-refractivity contribution in [3.63, 3.8) is 0 Å². The Morgan fingerprint density at radius 2 is 1.86 bits per heavy atom. The van der Waals surface area contributed by atoms with Crippen LogP contribution in [0.5, 0.6) is 5.75 Å². The summed E-state index contributed by atoms with van der Waals surface area (Å²) in [7, 11) is 1.62. The highest BCUT2D eigenvalue weighted by molar-refractivity contribution is 5.89. The predicted octanol–water partition coefficient (Wildman–Crippen LogP) is 3.59. The van der Waals surface area contributed by atoms with Crippen molar-refractivity contribution >= 4 is 22.6 Å². The minimum absolute atomic E-state index is 0.0697. The third kappa shape index (κ3) is 4.07. The third-order valence-electron chi connectivity index (χ3n) is 5.09. The third-order valence-corrected chi connectivity index (χ3v) is 5.09. The molecule has 0 saturated carbocycles. The Morgan fingerprint density at radius 3 is 2.68 bits per heavy atom. The number of aromatic nitrogens is 1. The van der Waals surface area contributed by atoms with E-state index in [0.29, 0.717) is 13.1 Å².